The summed E-state index contributed by atoms with van der Waals surface area (Å²) < 4.78 is 0. The molecule has 0 rings (SSSR count). The third-order valence-corrected chi connectivity index (χ3v) is 1.63. The van der Waals surface area contributed by atoms with Crippen molar-refractivity contribution in [3.8, 4) is 0 Å². The summed E-state index contributed by atoms with van der Waals surface area (Å²) in [5.74, 6) is 0.660. The van der Waals surface area contributed by atoms with Gasteiger partial charge in [0.1, 0.15) is 0 Å². The van der Waals surface area contributed by atoms with Crippen LogP contribution in [0.25, 0.3) is 0 Å². The van der Waals surface area contributed by atoms with Gasteiger partial charge in [-0.05, 0) is 27.0 Å². The van der Waals surface area contributed by atoms with Crippen molar-refractivity contribution in [3.05, 3.63) is 4.91 Å². The van der Waals surface area contributed by atoms with Crippen molar-refractivity contribution in [2.75, 3.05) is 12.1 Å². The Hall–Kier alpha value is -0.250. The molecule has 0 aromatic carbocycles. The molecule has 0 heterocycles. The Morgan fingerprint density at radius 1 is 1.50 bits per heavy atom. The van der Waals surface area contributed by atoms with Crippen molar-refractivity contribution in [2.45, 2.75) is 26.3 Å². The average molecular weight is 162 g/mol. The number of nitroso groups, excluding NO2 is 1. The molecule has 0 saturated heterocycles. The van der Waals surface area contributed by atoms with Crippen molar-refractivity contribution >= 4 is 11.8 Å². The van der Waals surface area contributed by atoms with E-state index in [0.29, 0.717) is 5.88 Å². The Morgan fingerprint density at radius 2 is 2.00 bits per heavy atom. The second-order valence-electron chi connectivity index (χ2n) is 3.07. The van der Waals surface area contributed by atoms with E-state index >= 15 is 0 Å². The molecule has 0 amide bonds. The highest BCUT2D eigenvalue weighted by atomic mass is 32.2. The lowest BCUT2D eigenvalue weighted by molar-refractivity contribution is 0.171. The highest BCUT2D eigenvalue weighted by Gasteiger charge is 2.19. The maximum atomic E-state index is 10.2. The van der Waals surface area contributed by atoms with Crippen LogP contribution in [-0.4, -0.2) is 22.7 Å². The quantitative estimate of drug-likeness (QED) is 0.362. The highest BCUT2D eigenvalue weighted by molar-refractivity contribution is 7.98. The van der Waals surface area contributed by atoms with E-state index in [-0.39, 0.29) is 5.54 Å². The summed E-state index contributed by atoms with van der Waals surface area (Å²) in [7, 11) is 0. The number of thioether (sulfide) groups is 1. The molecule has 60 valence electrons. The largest absolute Gasteiger partial charge is 0.246 e. The maximum Gasteiger partial charge on any atom is 0.0850 e. The number of hydrogen-bond donors (Lipinski definition) is 0. The van der Waals surface area contributed by atoms with Crippen molar-refractivity contribution in [2.24, 2.45) is 5.29 Å². The van der Waals surface area contributed by atoms with E-state index in [1.807, 2.05) is 27.0 Å². The first-order chi connectivity index (χ1) is 4.52. The van der Waals surface area contributed by atoms with Gasteiger partial charge in [-0.3, -0.25) is 0 Å². The van der Waals surface area contributed by atoms with Crippen LogP contribution in [0.3, 0.4) is 0 Å². The maximum absolute atomic E-state index is 10.2. The molecular formula is C6H14N2OS. The fraction of sp³-hybridized carbons (Fsp3) is 1.00. The molecule has 0 spiro atoms. The van der Waals surface area contributed by atoms with Gasteiger partial charge >= 0.3 is 0 Å². The summed E-state index contributed by atoms with van der Waals surface area (Å²) >= 11 is 1.59. The van der Waals surface area contributed by atoms with Crippen LogP contribution >= 0.6 is 11.8 Å². The van der Waals surface area contributed by atoms with Gasteiger partial charge in [0.15, 0.2) is 0 Å². The Balaban J connectivity index is 3.93. The average Bonchev–Trinajstić information content (AvgIpc) is 1.80. The Labute approximate surface area is 66.1 Å². The van der Waals surface area contributed by atoms with Gasteiger partial charge < -0.3 is 0 Å². The van der Waals surface area contributed by atoms with E-state index in [0.717, 1.165) is 0 Å². The molecule has 0 saturated carbocycles. The molecule has 0 aromatic heterocycles. The predicted molar refractivity (Wildman–Crippen MR) is 45.8 cm³/mol. The summed E-state index contributed by atoms with van der Waals surface area (Å²) in [5, 5.41) is 4.44. The molecule has 0 fully saturated rings. The molecule has 4 heteroatoms. The molecule has 3 nitrogen and oxygen atoms in total. The monoisotopic (exact) mass is 162 g/mol. The van der Waals surface area contributed by atoms with Gasteiger partial charge in [0, 0.05) is 0 Å². The zero-order valence-corrected chi connectivity index (χ0v) is 7.73. The molecule has 0 aliphatic heterocycles. The van der Waals surface area contributed by atoms with Crippen LogP contribution in [-0.2, 0) is 0 Å². The third kappa shape index (κ3) is 3.06. The molecule has 0 bridgehead atoms. The minimum Gasteiger partial charge on any atom is -0.246 e. The SMILES string of the molecule is CSCN(N=O)C(C)(C)C. The van der Waals surface area contributed by atoms with Gasteiger partial charge in [-0.2, -0.15) is 0 Å². The van der Waals surface area contributed by atoms with Crippen molar-refractivity contribution in [1.29, 1.82) is 0 Å². The smallest absolute Gasteiger partial charge is 0.0850 e. The minimum atomic E-state index is -0.148. The molecule has 0 radical (unpaired) electrons. The topological polar surface area (TPSA) is 32.7 Å². The Morgan fingerprint density at radius 3 is 2.10 bits per heavy atom. The summed E-state index contributed by atoms with van der Waals surface area (Å²) in [6.45, 7) is 5.89. The van der Waals surface area contributed by atoms with E-state index in [2.05, 4.69) is 5.29 Å². The van der Waals surface area contributed by atoms with Crippen molar-refractivity contribution in [1.82, 2.24) is 5.01 Å². The highest BCUT2D eigenvalue weighted by Crippen LogP contribution is 2.15. The molecule has 0 N–H and O–H groups in total. The number of rotatable bonds is 3. The zero-order chi connectivity index (χ0) is 8.20. The summed E-state index contributed by atoms with van der Waals surface area (Å²) in [6, 6.07) is 0. The molecule has 0 aliphatic rings. The second-order valence-corrected chi connectivity index (χ2v) is 3.91. The van der Waals surface area contributed by atoms with Crippen LogP contribution in [0.2, 0.25) is 0 Å². The fourth-order valence-corrected chi connectivity index (χ4v) is 1.14. The van der Waals surface area contributed by atoms with E-state index in [9.17, 15) is 4.91 Å². The summed E-state index contributed by atoms with van der Waals surface area (Å²) in [6.07, 6.45) is 1.95. The lowest BCUT2D eigenvalue weighted by Gasteiger charge is -2.28. The van der Waals surface area contributed by atoms with E-state index in [1.54, 1.807) is 11.8 Å². The first kappa shape index (κ1) is 9.75. The van der Waals surface area contributed by atoms with Crippen LogP contribution in [0, 0.1) is 4.91 Å². The lowest BCUT2D eigenvalue weighted by Crippen LogP contribution is -2.36. The Bertz CT molecular complexity index is 111. The van der Waals surface area contributed by atoms with E-state index in [4.69, 9.17) is 0 Å². The van der Waals surface area contributed by atoms with Gasteiger partial charge in [0.05, 0.1) is 16.7 Å². The van der Waals surface area contributed by atoms with Crippen LogP contribution in [0.4, 0.5) is 0 Å². The summed E-state index contributed by atoms with van der Waals surface area (Å²) in [4.78, 5) is 10.2. The molecular weight excluding hydrogens is 148 g/mol. The molecule has 0 aromatic rings. The number of nitrogens with zero attached hydrogens (tertiary/aromatic N) is 2. The summed E-state index contributed by atoms with van der Waals surface area (Å²) in [5.41, 5.74) is -0.148. The number of hydrogen-bond acceptors (Lipinski definition) is 3. The normalized spacial score (nSPS) is 11.2. The first-order valence-electron chi connectivity index (χ1n) is 3.12. The lowest BCUT2D eigenvalue weighted by atomic mass is 10.1. The molecule has 0 atom stereocenters. The van der Waals surface area contributed by atoms with Gasteiger partial charge in [-0.1, -0.05) is 0 Å². The Kier molecular flexibility index (Phi) is 3.71. The molecule has 10 heavy (non-hydrogen) atoms. The van der Waals surface area contributed by atoms with Gasteiger partial charge in [0.25, 0.3) is 0 Å². The van der Waals surface area contributed by atoms with E-state index in [1.165, 1.54) is 5.01 Å². The van der Waals surface area contributed by atoms with Crippen LogP contribution in [0.1, 0.15) is 20.8 Å². The van der Waals surface area contributed by atoms with E-state index < -0.39 is 0 Å². The second kappa shape index (κ2) is 3.81. The molecule has 0 aliphatic carbocycles. The van der Waals surface area contributed by atoms with Crippen LogP contribution in [0.15, 0.2) is 5.29 Å². The van der Waals surface area contributed by atoms with Gasteiger partial charge in [-0.15, -0.1) is 16.7 Å². The zero-order valence-electron chi connectivity index (χ0n) is 6.92. The van der Waals surface area contributed by atoms with Gasteiger partial charge in [0.2, 0.25) is 0 Å². The fourth-order valence-electron chi connectivity index (χ4n) is 0.462. The van der Waals surface area contributed by atoms with Crippen molar-refractivity contribution < 1.29 is 0 Å². The molecule has 0 unspecified atom stereocenters. The van der Waals surface area contributed by atoms with Gasteiger partial charge in [-0.25, -0.2) is 5.01 Å². The minimum absolute atomic E-state index is 0.148. The van der Waals surface area contributed by atoms with Crippen LogP contribution in [0.5, 0.6) is 0 Å². The standard InChI is InChI=1S/C6H14N2OS/c1-6(2,3)8(7-9)5-10-4/h5H2,1-4H3. The van der Waals surface area contributed by atoms with Crippen LogP contribution < -0.4 is 0 Å². The predicted octanol–water partition coefficient (Wildman–Crippen LogP) is 2.09. The van der Waals surface area contributed by atoms with Crippen molar-refractivity contribution in [3.63, 3.8) is 0 Å². The first-order valence-corrected chi connectivity index (χ1v) is 4.51. The third-order valence-electron chi connectivity index (χ3n) is 1.12.